The van der Waals surface area contributed by atoms with E-state index in [0.717, 1.165) is 30.1 Å². The molecule has 23 heavy (non-hydrogen) atoms. The van der Waals surface area contributed by atoms with Crippen LogP contribution < -0.4 is 0 Å². The molecule has 0 aliphatic carbocycles. The van der Waals surface area contributed by atoms with Crippen LogP contribution in [0, 0.1) is 11.7 Å². The molecule has 2 heterocycles. The molecule has 1 saturated heterocycles. The van der Waals surface area contributed by atoms with Gasteiger partial charge in [-0.05, 0) is 37.1 Å². The van der Waals surface area contributed by atoms with Crippen LogP contribution in [-0.2, 0) is 11.8 Å². The predicted octanol–water partition coefficient (Wildman–Crippen LogP) is 2.58. The lowest BCUT2D eigenvalue weighted by atomic mass is 10.00. The van der Waals surface area contributed by atoms with E-state index in [1.807, 2.05) is 18.7 Å². The monoisotopic (exact) mass is 334 g/mol. The molecule has 0 N–H and O–H groups in total. The van der Waals surface area contributed by atoms with Crippen molar-refractivity contribution in [1.82, 2.24) is 19.7 Å². The van der Waals surface area contributed by atoms with Gasteiger partial charge in [-0.25, -0.2) is 4.39 Å². The van der Waals surface area contributed by atoms with E-state index in [4.69, 9.17) is 0 Å². The SMILES string of the molecule is CN1CCCC(CSc2nnc(-c3ccc(F)cc3)n2C)C1=O. The molecule has 3 rings (SSSR count). The number of nitrogens with zero attached hydrogens (tertiary/aromatic N) is 4. The van der Waals surface area contributed by atoms with Crippen molar-refractivity contribution in [3.05, 3.63) is 30.1 Å². The topological polar surface area (TPSA) is 51.0 Å². The smallest absolute Gasteiger partial charge is 0.226 e. The Labute approximate surface area is 138 Å². The number of halogens is 1. The van der Waals surface area contributed by atoms with Crippen LogP contribution in [0.4, 0.5) is 4.39 Å². The predicted molar refractivity (Wildman–Crippen MR) is 87.5 cm³/mol. The van der Waals surface area contributed by atoms with Gasteiger partial charge in [0.15, 0.2) is 11.0 Å². The van der Waals surface area contributed by atoms with Gasteiger partial charge in [0.05, 0.1) is 0 Å². The first-order valence-corrected chi connectivity index (χ1v) is 8.58. The highest BCUT2D eigenvalue weighted by Gasteiger charge is 2.27. The summed E-state index contributed by atoms with van der Waals surface area (Å²) in [5, 5.41) is 9.16. The van der Waals surface area contributed by atoms with Crippen LogP contribution in [0.25, 0.3) is 11.4 Å². The number of carbonyl (C=O) groups excluding carboxylic acids is 1. The fourth-order valence-electron chi connectivity index (χ4n) is 2.74. The summed E-state index contributed by atoms with van der Waals surface area (Å²) in [6.45, 7) is 0.846. The molecular formula is C16H19FN4OS. The second-order valence-corrected chi connectivity index (χ2v) is 6.77. The number of benzene rings is 1. The molecule has 1 fully saturated rings. The number of likely N-dealkylation sites (tertiary alicyclic amines) is 1. The molecule has 122 valence electrons. The zero-order chi connectivity index (χ0) is 16.4. The minimum Gasteiger partial charge on any atom is -0.345 e. The van der Waals surface area contributed by atoms with Crippen molar-refractivity contribution in [2.45, 2.75) is 18.0 Å². The summed E-state index contributed by atoms with van der Waals surface area (Å²) in [5.74, 6) is 1.39. The maximum atomic E-state index is 13.0. The van der Waals surface area contributed by atoms with Gasteiger partial charge in [0.25, 0.3) is 0 Å². The molecule has 2 aromatic rings. The number of carbonyl (C=O) groups is 1. The largest absolute Gasteiger partial charge is 0.345 e. The van der Waals surface area contributed by atoms with Crippen LogP contribution in [0.1, 0.15) is 12.8 Å². The Balaban J connectivity index is 1.70. The van der Waals surface area contributed by atoms with Gasteiger partial charge in [0, 0.05) is 37.9 Å². The van der Waals surface area contributed by atoms with Crippen molar-refractivity contribution in [2.24, 2.45) is 13.0 Å². The quantitative estimate of drug-likeness (QED) is 0.807. The number of piperidine rings is 1. The minimum atomic E-state index is -0.273. The lowest BCUT2D eigenvalue weighted by Gasteiger charge is -2.28. The van der Waals surface area contributed by atoms with E-state index in [9.17, 15) is 9.18 Å². The standard InChI is InChI=1S/C16H19FN4OS/c1-20-9-3-4-12(15(20)22)10-23-16-19-18-14(21(16)2)11-5-7-13(17)8-6-11/h5-8,12H,3-4,9-10H2,1-2H3. The molecular weight excluding hydrogens is 315 g/mol. The number of aromatic nitrogens is 3. The van der Waals surface area contributed by atoms with Crippen molar-refractivity contribution >= 4 is 17.7 Å². The third-order valence-electron chi connectivity index (χ3n) is 4.12. The second-order valence-electron chi connectivity index (χ2n) is 5.78. The van der Waals surface area contributed by atoms with E-state index < -0.39 is 0 Å². The molecule has 0 spiro atoms. The maximum absolute atomic E-state index is 13.0. The first-order chi connectivity index (χ1) is 11.1. The van der Waals surface area contributed by atoms with E-state index in [0.29, 0.717) is 11.6 Å². The first kappa shape index (κ1) is 16.0. The van der Waals surface area contributed by atoms with Crippen LogP contribution >= 0.6 is 11.8 Å². The van der Waals surface area contributed by atoms with Gasteiger partial charge in [-0.2, -0.15) is 0 Å². The fraction of sp³-hybridized carbons (Fsp3) is 0.438. The molecule has 1 aromatic carbocycles. The third-order valence-corrected chi connectivity index (χ3v) is 5.31. The Morgan fingerprint density at radius 2 is 2.00 bits per heavy atom. The van der Waals surface area contributed by atoms with E-state index in [-0.39, 0.29) is 17.6 Å². The summed E-state index contributed by atoms with van der Waals surface area (Å²) in [6, 6.07) is 6.20. The normalized spacial score (nSPS) is 18.5. The van der Waals surface area contributed by atoms with Crippen LogP contribution in [0.2, 0.25) is 0 Å². The number of amides is 1. The lowest BCUT2D eigenvalue weighted by molar-refractivity contribution is -0.135. The zero-order valence-corrected chi connectivity index (χ0v) is 14.0. The highest BCUT2D eigenvalue weighted by atomic mass is 32.2. The van der Waals surface area contributed by atoms with Crippen molar-refractivity contribution in [2.75, 3.05) is 19.3 Å². The molecule has 1 aromatic heterocycles. The Hall–Kier alpha value is -1.89. The Morgan fingerprint density at radius 3 is 2.74 bits per heavy atom. The average molecular weight is 334 g/mol. The van der Waals surface area contributed by atoms with E-state index in [1.54, 1.807) is 28.8 Å². The van der Waals surface area contributed by atoms with Crippen molar-refractivity contribution in [1.29, 1.82) is 0 Å². The average Bonchev–Trinajstić information content (AvgIpc) is 2.91. The Kier molecular flexibility index (Phi) is 4.66. The number of rotatable bonds is 4. The molecule has 1 aliphatic heterocycles. The van der Waals surface area contributed by atoms with Crippen molar-refractivity contribution in [3.8, 4) is 11.4 Å². The summed E-state index contributed by atoms with van der Waals surface area (Å²) in [4.78, 5) is 13.9. The molecule has 7 heteroatoms. The van der Waals surface area contributed by atoms with Crippen molar-refractivity contribution < 1.29 is 9.18 Å². The summed E-state index contributed by atoms with van der Waals surface area (Å²) in [5.41, 5.74) is 0.821. The maximum Gasteiger partial charge on any atom is 0.226 e. The molecule has 0 saturated carbocycles. The molecule has 0 radical (unpaired) electrons. The summed E-state index contributed by atoms with van der Waals surface area (Å²) >= 11 is 1.55. The summed E-state index contributed by atoms with van der Waals surface area (Å²) in [6.07, 6.45) is 1.98. The molecule has 1 unspecified atom stereocenters. The Morgan fingerprint density at radius 1 is 1.26 bits per heavy atom. The van der Waals surface area contributed by atoms with Gasteiger partial charge in [0.1, 0.15) is 5.82 Å². The van der Waals surface area contributed by atoms with E-state index in [2.05, 4.69) is 10.2 Å². The Bertz CT molecular complexity index is 701. The highest BCUT2D eigenvalue weighted by molar-refractivity contribution is 7.99. The molecule has 1 aliphatic rings. The van der Waals surface area contributed by atoms with Crippen LogP contribution in [0.15, 0.2) is 29.4 Å². The molecule has 0 bridgehead atoms. The number of hydrogen-bond donors (Lipinski definition) is 0. The number of thioether (sulfide) groups is 1. The summed E-state index contributed by atoms with van der Waals surface area (Å²) < 4.78 is 14.9. The van der Waals surface area contributed by atoms with Crippen LogP contribution in [0.5, 0.6) is 0 Å². The summed E-state index contributed by atoms with van der Waals surface area (Å²) in [7, 11) is 3.74. The third kappa shape index (κ3) is 3.39. The second kappa shape index (κ2) is 6.70. The molecule has 5 nitrogen and oxygen atoms in total. The van der Waals surface area contributed by atoms with Gasteiger partial charge < -0.3 is 9.47 Å². The van der Waals surface area contributed by atoms with Gasteiger partial charge in [-0.3, -0.25) is 4.79 Å². The van der Waals surface area contributed by atoms with E-state index >= 15 is 0 Å². The lowest BCUT2D eigenvalue weighted by Crippen LogP contribution is -2.39. The highest BCUT2D eigenvalue weighted by Crippen LogP contribution is 2.27. The van der Waals surface area contributed by atoms with Gasteiger partial charge in [-0.15, -0.1) is 10.2 Å². The van der Waals surface area contributed by atoms with Gasteiger partial charge in [0.2, 0.25) is 5.91 Å². The fourth-order valence-corrected chi connectivity index (χ4v) is 3.78. The first-order valence-electron chi connectivity index (χ1n) is 7.59. The van der Waals surface area contributed by atoms with Gasteiger partial charge in [-0.1, -0.05) is 11.8 Å². The van der Waals surface area contributed by atoms with E-state index in [1.165, 1.54) is 12.1 Å². The zero-order valence-electron chi connectivity index (χ0n) is 13.2. The molecule has 1 atom stereocenters. The molecule has 1 amide bonds. The van der Waals surface area contributed by atoms with Crippen molar-refractivity contribution in [3.63, 3.8) is 0 Å². The van der Waals surface area contributed by atoms with Crippen LogP contribution in [-0.4, -0.2) is 44.9 Å². The number of hydrogen-bond acceptors (Lipinski definition) is 4. The minimum absolute atomic E-state index is 0.0460. The van der Waals surface area contributed by atoms with Crippen LogP contribution in [0.3, 0.4) is 0 Å². The van der Waals surface area contributed by atoms with Gasteiger partial charge >= 0.3 is 0 Å².